The number of nitrogens with one attached hydrogen (secondary N) is 1. The van der Waals surface area contributed by atoms with Crippen molar-refractivity contribution in [3.63, 3.8) is 0 Å². The molecule has 0 aliphatic carbocycles. The summed E-state index contributed by atoms with van der Waals surface area (Å²) in [5.74, 6) is 0. The third-order valence-electron chi connectivity index (χ3n) is 3.86. The standard InChI is InChI=1S/C19H21N3/c1-16(20-14-12-17-8-3-2-4-9-17)18-10-5-6-11-19(18)22-15-7-13-21-22/h2-11,13,15-16,20H,12,14H2,1H3. The monoisotopic (exact) mass is 291 g/mol. The van der Waals surface area contributed by atoms with Gasteiger partial charge in [0.1, 0.15) is 0 Å². The van der Waals surface area contributed by atoms with E-state index < -0.39 is 0 Å². The van der Waals surface area contributed by atoms with Crippen molar-refractivity contribution in [2.75, 3.05) is 6.54 Å². The maximum Gasteiger partial charge on any atom is 0.0693 e. The smallest absolute Gasteiger partial charge is 0.0693 e. The molecule has 1 N–H and O–H groups in total. The summed E-state index contributed by atoms with van der Waals surface area (Å²) in [5, 5.41) is 7.95. The Kier molecular flexibility index (Phi) is 4.66. The van der Waals surface area contributed by atoms with Gasteiger partial charge in [-0.25, -0.2) is 4.68 Å². The van der Waals surface area contributed by atoms with E-state index in [4.69, 9.17) is 0 Å². The molecule has 0 aliphatic heterocycles. The normalized spacial score (nSPS) is 12.2. The lowest BCUT2D eigenvalue weighted by Gasteiger charge is -2.18. The van der Waals surface area contributed by atoms with Crippen LogP contribution in [0.15, 0.2) is 73.1 Å². The predicted molar refractivity (Wildman–Crippen MR) is 90.1 cm³/mol. The molecule has 0 bridgehead atoms. The number of para-hydroxylation sites is 1. The van der Waals surface area contributed by atoms with Crippen molar-refractivity contribution >= 4 is 0 Å². The van der Waals surface area contributed by atoms with E-state index in [1.165, 1.54) is 11.1 Å². The van der Waals surface area contributed by atoms with Gasteiger partial charge in [-0.3, -0.25) is 0 Å². The van der Waals surface area contributed by atoms with Gasteiger partial charge in [0.05, 0.1) is 5.69 Å². The maximum atomic E-state index is 4.35. The summed E-state index contributed by atoms with van der Waals surface area (Å²) in [6.07, 6.45) is 4.83. The largest absolute Gasteiger partial charge is 0.310 e. The molecule has 1 atom stereocenters. The Morgan fingerprint density at radius 1 is 1.00 bits per heavy atom. The molecule has 2 aromatic carbocycles. The van der Waals surface area contributed by atoms with Crippen molar-refractivity contribution in [1.82, 2.24) is 15.1 Å². The van der Waals surface area contributed by atoms with E-state index in [9.17, 15) is 0 Å². The summed E-state index contributed by atoms with van der Waals surface area (Å²) in [7, 11) is 0. The molecular formula is C19H21N3. The fourth-order valence-electron chi connectivity index (χ4n) is 2.66. The van der Waals surface area contributed by atoms with E-state index in [-0.39, 0.29) is 6.04 Å². The van der Waals surface area contributed by atoms with Crippen LogP contribution in [-0.2, 0) is 6.42 Å². The van der Waals surface area contributed by atoms with Gasteiger partial charge < -0.3 is 5.32 Å². The van der Waals surface area contributed by atoms with Gasteiger partial charge in [-0.1, -0.05) is 48.5 Å². The van der Waals surface area contributed by atoms with Gasteiger partial charge in [0.2, 0.25) is 0 Å². The van der Waals surface area contributed by atoms with Crippen molar-refractivity contribution in [3.8, 4) is 5.69 Å². The van der Waals surface area contributed by atoms with Gasteiger partial charge in [0, 0.05) is 18.4 Å². The zero-order chi connectivity index (χ0) is 15.2. The molecule has 1 unspecified atom stereocenters. The molecule has 1 aromatic heterocycles. The molecule has 0 amide bonds. The molecule has 1 heterocycles. The quantitative estimate of drug-likeness (QED) is 0.749. The molecule has 0 spiro atoms. The van der Waals surface area contributed by atoms with Gasteiger partial charge in [-0.2, -0.15) is 5.10 Å². The highest BCUT2D eigenvalue weighted by atomic mass is 15.3. The third-order valence-corrected chi connectivity index (χ3v) is 3.86. The Labute approximate surface area is 131 Å². The van der Waals surface area contributed by atoms with E-state index in [1.807, 2.05) is 23.1 Å². The first kappa shape index (κ1) is 14.5. The van der Waals surface area contributed by atoms with Crippen LogP contribution in [-0.4, -0.2) is 16.3 Å². The van der Waals surface area contributed by atoms with Crippen LogP contribution in [0.5, 0.6) is 0 Å². The average molecular weight is 291 g/mol. The topological polar surface area (TPSA) is 29.9 Å². The van der Waals surface area contributed by atoms with Crippen LogP contribution in [0.4, 0.5) is 0 Å². The minimum Gasteiger partial charge on any atom is -0.310 e. The number of hydrogen-bond acceptors (Lipinski definition) is 2. The lowest BCUT2D eigenvalue weighted by molar-refractivity contribution is 0.573. The Bertz CT molecular complexity index is 690. The molecule has 112 valence electrons. The Morgan fingerprint density at radius 2 is 1.77 bits per heavy atom. The fourth-order valence-corrected chi connectivity index (χ4v) is 2.66. The number of rotatable bonds is 6. The summed E-state index contributed by atoms with van der Waals surface area (Å²) < 4.78 is 1.92. The summed E-state index contributed by atoms with van der Waals surface area (Å²) in [6.45, 7) is 3.16. The van der Waals surface area contributed by atoms with E-state index in [0.717, 1.165) is 18.7 Å². The summed E-state index contributed by atoms with van der Waals surface area (Å²) in [4.78, 5) is 0. The zero-order valence-electron chi connectivity index (χ0n) is 12.8. The molecule has 3 aromatic rings. The van der Waals surface area contributed by atoms with E-state index in [2.05, 4.69) is 71.9 Å². The molecule has 3 heteroatoms. The Balaban J connectivity index is 1.66. The lowest BCUT2D eigenvalue weighted by Crippen LogP contribution is -2.22. The predicted octanol–water partition coefficient (Wildman–Crippen LogP) is 3.77. The molecule has 0 saturated heterocycles. The number of nitrogens with zero attached hydrogens (tertiary/aromatic N) is 2. The van der Waals surface area contributed by atoms with Crippen LogP contribution >= 0.6 is 0 Å². The van der Waals surface area contributed by atoms with Gasteiger partial charge >= 0.3 is 0 Å². The number of hydrogen-bond donors (Lipinski definition) is 1. The number of aromatic nitrogens is 2. The van der Waals surface area contributed by atoms with Crippen LogP contribution in [0.3, 0.4) is 0 Å². The highest BCUT2D eigenvalue weighted by Crippen LogP contribution is 2.20. The zero-order valence-corrected chi connectivity index (χ0v) is 12.8. The van der Waals surface area contributed by atoms with Crippen molar-refractivity contribution < 1.29 is 0 Å². The van der Waals surface area contributed by atoms with Crippen LogP contribution < -0.4 is 5.32 Å². The molecule has 3 rings (SSSR count). The van der Waals surface area contributed by atoms with Crippen molar-refractivity contribution in [2.24, 2.45) is 0 Å². The number of benzene rings is 2. The lowest BCUT2D eigenvalue weighted by atomic mass is 10.1. The molecule has 0 aliphatic rings. The second kappa shape index (κ2) is 7.05. The summed E-state index contributed by atoms with van der Waals surface area (Å²) in [6, 6.07) is 21.2. The third kappa shape index (κ3) is 3.43. The molecule has 0 radical (unpaired) electrons. The first-order valence-corrected chi connectivity index (χ1v) is 7.71. The van der Waals surface area contributed by atoms with E-state index >= 15 is 0 Å². The Hall–Kier alpha value is -2.39. The average Bonchev–Trinajstić information content (AvgIpc) is 3.10. The minimum atomic E-state index is 0.282. The van der Waals surface area contributed by atoms with Crippen LogP contribution in [0.25, 0.3) is 5.69 Å². The molecule has 22 heavy (non-hydrogen) atoms. The second-order valence-electron chi connectivity index (χ2n) is 5.42. The fraction of sp³-hybridized carbons (Fsp3) is 0.211. The van der Waals surface area contributed by atoms with Gasteiger partial charge in [-0.05, 0) is 43.1 Å². The van der Waals surface area contributed by atoms with Gasteiger partial charge in [0.15, 0.2) is 0 Å². The van der Waals surface area contributed by atoms with Crippen molar-refractivity contribution in [3.05, 3.63) is 84.2 Å². The van der Waals surface area contributed by atoms with Gasteiger partial charge in [-0.15, -0.1) is 0 Å². The molecule has 3 nitrogen and oxygen atoms in total. The van der Waals surface area contributed by atoms with Crippen LogP contribution in [0.2, 0.25) is 0 Å². The van der Waals surface area contributed by atoms with Crippen molar-refractivity contribution in [1.29, 1.82) is 0 Å². The molecular weight excluding hydrogens is 270 g/mol. The molecule has 0 saturated carbocycles. The van der Waals surface area contributed by atoms with Gasteiger partial charge in [0.25, 0.3) is 0 Å². The van der Waals surface area contributed by atoms with Crippen LogP contribution in [0.1, 0.15) is 24.1 Å². The first-order chi connectivity index (χ1) is 10.8. The second-order valence-corrected chi connectivity index (χ2v) is 5.42. The first-order valence-electron chi connectivity index (χ1n) is 7.71. The Morgan fingerprint density at radius 3 is 2.55 bits per heavy atom. The van der Waals surface area contributed by atoms with Crippen LogP contribution in [0, 0.1) is 0 Å². The maximum absolute atomic E-state index is 4.35. The van der Waals surface area contributed by atoms with E-state index in [1.54, 1.807) is 0 Å². The highest BCUT2D eigenvalue weighted by molar-refractivity contribution is 5.42. The minimum absolute atomic E-state index is 0.282. The molecule has 0 fully saturated rings. The van der Waals surface area contributed by atoms with Crippen molar-refractivity contribution in [2.45, 2.75) is 19.4 Å². The highest BCUT2D eigenvalue weighted by Gasteiger charge is 2.11. The SMILES string of the molecule is CC(NCCc1ccccc1)c1ccccc1-n1cccn1. The summed E-state index contributed by atoms with van der Waals surface area (Å²) in [5.41, 5.74) is 3.76. The van der Waals surface area contributed by atoms with E-state index in [0.29, 0.717) is 0 Å². The summed E-state index contributed by atoms with van der Waals surface area (Å²) >= 11 is 0.